The summed E-state index contributed by atoms with van der Waals surface area (Å²) in [5.41, 5.74) is 2.04. The molecule has 1 aromatic carbocycles. The SMILES string of the molecule is CCCC1CCc2nc(NC(=O)c3ccccc3N(C)C(=O)c3ccco3)sc2C1. The van der Waals surface area contributed by atoms with E-state index in [1.165, 1.54) is 35.3 Å². The second-order valence-electron chi connectivity index (χ2n) is 7.60. The van der Waals surface area contributed by atoms with Crippen LogP contribution in [0.3, 0.4) is 0 Å². The number of anilines is 2. The molecular formula is C23H25N3O3S. The molecule has 0 fully saturated rings. The number of hydrogen-bond donors (Lipinski definition) is 1. The van der Waals surface area contributed by atoms with Crippen LogP contribution in [-0.2, 0) is 12.8 Å². The fraction of sp³-hybridized carbons (Fsp3) is 0.348. The summed E-state index contributed by atoms with van der Waals surface area (Å²) in [6.07, 6.45) is 7.08. The summed E-state index contributed by atoms with van der Waals surface area (Å²) in [4.78, 5) is 33.0. The molecule has 6 nitrogen and oxygen atoms in total. The zero-order valence-electron chi connectivity index (χ0n) is 17.2. The molecule has 2 aromatic heterocycles. The summed E-state index contributed by atoms with van der Waals surface area (Å²) in [5, 5.41) is 3.56. The molecule has 1 aliphatic rings. The molecule has 1 atom stereocenters. The number of benzene rings is 1. The number of fused-ring (bicyclic) bond motifs is 1. The molecule has 0 saturated carbocycles. The van der Waals surface area contributed by atoms with Crippen LogP contribution < -0.4 is 10.2 Å². The molecule has 1 unspecified atom stereocenters. The lowest BCUT2D eigenvalue weighted by molar-refractivity contribution is 0.0966. The molecule has 0 radical (unpaired) electrons. The first-order chi connectivity index (χ1) is 14.6. The average molecular weight is 424 g/mol. The lowest BCUT2D eigenvalue weighted by Crippen LogP contribution is -2.28. The number of carbonyl (C=O) groups excluding carboxylic acids is 2. The Labute approximate surface area is 179 Å². The highest BCUT2D eigenvalue weighted by molar-refractivity contribution is 7.15. The Morgan fingerprint density at radius 2 is 2.10 bits per heavy atom. The molecule has 2 amide bonds. The third kappa shape index (κ3) is 4.16. The van der Waals surface area contributed by atoms with Gasteiger partial charge in [0.05, 0.1) is 23.2 Å². The number of nitrogens with zero attached hydrogens (tertiary/aromatic N) is 2. The number of aromatic nitrogens is 1. The Bertz CT molecular complexity index is 1040. The van der Waals surface area contributed by atoms with Gasteiger partial charge in [0.2, 0.25) is 0 Å². The number of aryl methyl sites for hydroxylation is 1. The summed E-state index contributed by atoms with van der Waals surface area (Å²) in [5.74, 6) is 0.350. The summed E-state index contributed by atoms with van der Waals surface area (Å²) in [6.45, 7) is 2.22. The number of thiazole rings is 1. The van der Waals surface area contributed by atoms with E-state index < -0.39 is 0 Å². The highest BCUT2D eigenvalue weighted by atomic mass is 32.1. The molecule has 30 heavy (non-hydrogen) atoms. The maximum atomic E-state index is 13.0. The van der Waals surface area contributed by atoms with E-state index in [4.69, 9.17) is 4.42 Å². The molecule has 2 heterocycles. The van der Waals surface area contributed by atoms with Gasteiger partial charge in [-0.1, -0.05) is 31.9 Å². The van der Waals surface area contributed by atoms with Crippen LogP contribution in [0.5, 0.6) is 0 Å². The van der Waals surface area contributed by atoms with Crippen LogP contribution in [0.2, 0.25) is 0 Å². The molecular weight excluding hydrogens is 398 g/mol. The molecule has 1 aliphatic carbocycles. The van der Waals surface area contributed by atoms with Crippen molar-refractivity contribution in [2.24, 2.45) is 5.92 Å². The van der Waals surface area contributed by atoms with Gasteiger partial charge in [-0.15, -0.1) is 11.3 Å². The van der Waals surface area contributed by atoms with Crippen molar-refractivity contribution in [3.8, 4) is 0 Å². The smallest absolute Gasteiger partial charge is 0.293 e. The summed E-state index contributed by atoms with van der Waals surface area (Å²) in [7, 11) is 1.63. The minimum atomic E-state index is -0.313. The van der Waals surface area contributed by atoms with Gasteiger partial charge in [0, 0.05) is 11.9 Å². The highest BCUT2D eigenvalue weighted by Crippen LogP contribution is 2.34. The van der Waals surface area contributed by atoms with E-state index >= 15 is 0 Å². The van der Waals surface area contributed by atoms with Crippen molar-refractivity contribution in [1.82, 2.24) is 4.98 Å². The minimum Gasteiger partial charge on any atom is -0.459 e. The topological polar surface area (TPSA) is 75.4 Å². The lowest BCUT2D eigenvalue weighted by atomic mass is 9.88. The van der Waals surface area contributed by atoms with E-state index in [0.29, 0.717) is 22.3 Å². The molecule has 7 heteroatoms. The maximum absolute atomic E-state index is 13.0. The summed E-state index contributed by atoms with van der Waals surface area (Å²) >= 11 is 1.57. The zero-order chi connectivity index (χ0) is 21.1. The van der Waals surface area contributed by atoms with Gasteiger partial charge in [-0.2, -0.15) is 0 Å². The number of amides is 2. The number of para-hydroxylation sites is 1. The van der Waals surface area contributed by atoms with Gasteiger partial charge < -0.3 is 9.32 Å². The van der Waals surface area contributed by atoms with E-state index in [2.05, 4.69) is 17.2 Å². The van der Waals surface area contributed by atoms with Gasteiger partial charge in [-0.05, 0) is 49.4 Å². The van der Waals surface area contributed by atoms with Crippen molar-refractivity contribution in [3.63, 3.8) is 0 Å². The van der Waals surface area contributed by atoms with Crippen LogP contribution in [-0.4, -0.2) is 23.8 Å². The highest BCUT2D eigenvalue weighted by Gasteiger charge is 2.24. The molecule has 0 saturated heterocycles. The summed E-state index contributed by atoms with van der Waals surface area (Å²) in [6, 6.07) is 10.3. The van der Waals surface area contributed by atoms with E-state index in [9.17, 15) is 9.59 Å². The van der Waals surface area contributed by atoms with E-state index in [0.717, 1.165) is 18.5 Å². The molecule has 4 rings (SSSR count). The second kappa shape index (κ2) is 8.83. The van der Waals surface area contributed by atoms with E-state index in [1.54, 1.807) is 54.8 Å². The van der Waals surface area contributed by atoms with E-state index in [1.807, 2.05) is 0 Å². The van der Waals surface area contributed by atoms with Crippen LogP contribution in [0.1, 0.15) is 57.7 Å². The third-order valence-corrected chi connectivity index (χ3v) is 6.54. The molecule has 0 bridgehead atoms. The first-order valence-corrected chi connectivity index (χ1v) is 11.1. The van der Waals surface area contributed by atoms with Crippen LogP contribution in [0, 0.1) is 5.92 Å². The van der Waals surface area contributed by atoms with Crippen LogP contribution in [0.4, 0.5) is 10.8 Å². The Morgan fingerprint density at radius 1 is 1.27 bits per heavy atom. The Kier molecular flexibility index (Phi) is 5.99. The number of hydrogen-bond acceptors (Lipinski definition) is 5. The Balaban J connectivity index is 1.52. The molecule has 0 aliphatic heterocycles. The molecule has 3 aromatic rings. The Hall–Kier alpha value is -2.93. The van der Waals surface area contributed by atoms with Crippen molar-refractivity contribution >= 4 is 34.0 Å². The zero-order valence-corrected chi connectivity index (χ0v) is 18.0. The minimum absolute atomic E-state index is 0.224. The van der Waals surface area contributed by atoms with Crippen LogP contribution >= 0.6 is 11.3 Å². The molecule has 156 valence electrons. The van der Waals surface area contributed by atoms with Gasteiger partial charge >= 0.3 is 0 Å². The number of carbonyl (C=O) groups is 2. The number of nitrogens with one attached hydrogen (secondary N) is 1. The fourth-order valence-electron chi connectivity index (χ4n) is 3.95. The second-order valence-corrected chi connectivity index (χ2v) is 8.68. The molecule has 1 N–H and O–H groups in total. The van der Waals surface area contributed by atoms with Crippen molar-refractivity contribution in [3.05, 3.63) is 64.6 Å². The Morgan fingerprint density at radius 3 is 2.87 bits per heavy atom. The van der Waals surface area contributed by atoms with Crippen molar-refractivity contribution in [1.29, 1.82) is 0 Å². The number of rotatable bonds is 6. The standard InChI is InChI=1S/C23H25N3O3S/c1-3-7-15-11-12-17-20(14-15)30-23(24-17)25-21(27)16-8-4-5-9-18(16)26(2)22(28)19-10-6-13-29-19/h4-6,8-10,13,15H,3,7,11-12,14H2,1-2H3,(H,24,25,27). The predicted molar refractivity (Wildman–Crippen MR) is 118 cm³/mol. The average Bonchev–Trinajstić information content (AvgIpc) is 3.42. The van der Waals surface area contributed by atoms with Gasteiger partial charge in [0.25, 0.3) is 11.8 Å². The van der Waals surface area contributed by atoms with Gasteiger partial charge in [-0.3, -0.25) is 14.9 Å². The first-order valence-electron chi connectivity index (χ1n) is 10.3. The maximum Gasteiger partial charge on any atom is 0.293 e. The van der Waals surface area contributed by atoms with Gasteiger partial charge in [0.1, 0.15) is 0 Å². The van der Waals surface area contributed by atoms with Gasteiger partial charge in [0.15, 0.2) is 10.9 Å². The van der Waals surface area contributed by atoms with Crippen molar-refractivity contribution in [2.75, 3.05) is 17.3 Å². The fourth-order valence-corrected chi connectivity index (χ4v) is 5.07. The van der Waals surface area contributed by atoms with E-state index in [-0.39, 0.29) is 17.6 Å². The van der Waals surface area contributed by atoms with Crippen LogP contribution in [0.25, 0.3) is 0 Å². The monoisotopic (exact) mass is 423 g/mol. The van der Waals surface area contributed by atoms with Crippen LogP contribution in [0.15, 0.2) is 47.1 Å². The van der Waals surface area contributed by atoms with Crippen molar-refractivity contribution < 1.29 is 14.0 Å². The van der Waals surface area contributed by atoms with Crippen molar-refractivity contribution in [2.45, 2.75) is 39.0 Å². The van der Waals surface area contributed by atoms with Gasteiger partial charge in [-0.25, -0.2) is 4.98 Å². The predicted octanol–water partition coefficient (Wildman–Crippen LogP) is 5.17. The normalized spacial score (nSPS) is 15.5. The third-order valence-electron chi connectivity index (χ3n) is 5.51. The first kappa shape index (κ1) is 20.3. The largest absolute Gasteiger partial charge is 0.459 e. The lowest BCUT2D eigenvalue weighted by Gasteiger charge is -2.19. The molecule has 0 spiro atoms. The quantitative estimate of drug-likeness (QED) is 0.593. The summed E-state index contributed by atoms with van der Waals surface area (Å²) < 4.78 is 5.21. The number of furan rings is 1.